The fourth-order valence-electron chi connectivity index (χ4n) is 2.33. The molecule has 0 spiro atoms. The summed E-state index contributed by atoms with van der Waals surface area (Å²) in [6.07, 6.45) is 0. The van der Waals surface area contributed by atoms with Crippen molar-refractivity contribution in [3.63, 3.8) is 0 Å². The highest BCUT2D eigenvalue weighted by Crippen LogP contribution is 2.39. The van der Waals surface area contributed by atoms with Crippen LogP contribution in [0.2, 0.25) is 0 Å². The largest absolute Gasteiger partial charge is 0.498 e. The van der Waals surface area contributed by atoms with Gasteiger partial charge in [0, 0.05) is 5.46 Å². The van der Waals surface area contributed by atoms with Crippen LogP contribution in [0.1, 0.15) is 33.3 Å². The third-order valence-electron chi connectivity index (χ3n) is 4.25. The summed E-state index contributed by atoms with van der Waals surface area (Å²) < 4.78 is 23.0. The molecule has 2 heterocycles. The van der Waals surface area contributed by atoms with Gasteiger partial charge in [0.05, 0.1) is 17.8 Å². The number of hydrogen-bond donors (Lipinski definition) is 1. The zero-order valence-corrected chi connectivity index (χ0v) is 12.2. The zero-order valence-electron chi connectivity index (χ0n) is 12.2. The van der Waals surface area contributed by atoms with Crippen LogP contribution in [0.15, 0.2) is 12.1 Å². The van der Waals surface area contributed by atoms with E-state index in [0.29, 0.717) is 11.5 Å². The Hall–Kier alpha value is -1.24. The highest BCUT2D eigenvalue weighted by molar-refractivity contribution is 6.63. The fourth-order valence-corrected chi connectivity index (χ4v) is 2.33. The number of hydrogen-bond acceptors (Lipinski definition) is 5. The quantitative estimate of drug-likeness (QED) is 0.824. The van der Waals surface area contributed by atoms with Crippen molar-refractivity contribution in [2.45, 2.75) is 45.5 Å². The second-order valence-corrected chi connectivity index (χ2v) is 6.17. The van der Waals surface area contributed by atoms with Crippen LogP contribution in [0.25, 0.3) is 0 Å². The predicted molar refractivity (Wildman–Crippen MR) is 74.2 cm³/mol. The monoisotopic (exact) mass is 278 g/mol. The number of aliphatic hydroxyl groups is 1. The van der Waals surface area contributed by atoms with Crippen LogP contribution in [-0.2, 0) is 15.9 Å². The molecule has 0 atom stereocenters. The van der Waals surface area contributed by atoms with Crippen molar-refractivity contribution in [1.29, 1.82) is 0 Å². The molecule has 0 amide bonds. The molecule has 0 aliphatic carbocycles. The van der Waals surface area contributed by atoms with Crippen molar-refractivity contribution >= 4 is 12.6 Å². The topological polar surface area (TPSA) is 57.2 Å². The summed E-state index contributed by atoms with van der Waals surface area (Å²) in [5, 5.41) is 9.36. The van der Waals surface area contributed by atoms with Gasteiger partial charge in [0.15, 0.2) is 11.5 Å². The first-order valence-electron chi connectivity index (χ1n) is 6.73. The minimum Gasteiger partial charge on any atom is -0.454 e. The Morgan fingerprint density at radius 1 is 1.10 bits per heavy atom. The van der Waals surface area contributed by atoms with Gasteiger partial charge in [-0.2, -0.15) is 0 Å². The van der Waals surface area contributed by atoms with Crippen LogP contribution in [0, 0.1) is 0 Å². The molecule has 5 nitrogen and oxygen atoms in total. The molecule has 20 heavy (non-hydrogen) atoms. The molecule has 1 aromatic rings. The number of benzene rings is 1. The molecule has 3 rings (SSSR count). The smallest absolute Gasteiger partial charge is 0.454 e. The van der Waals surface area contributed by atoms with Crippen molar-refractivity contribution in [3.8, 4) is 11.5 Å². The van der Waals surface area contributed by atoms with E-state index in [4.69, 9.17) is 18.8 Å². The molecule has 0 saturated carbocycles. The van der Waals surface area contributed by atoms with Crippen LogP contribution in [-0.4, -0.2) is 30.2 Å². The standard InChI is InChI=1S/C14H19BO5/c1-13(2)14(3,4)20-15(19-13)10-5-9(7-16)6-11-12(10)18-8-17-11/h5-6,16H,7-8H2,1-4H3. The second kappa shape index (κ2) is 4.38. The Labute approximate surface area is 118 Å². The lowest BCUT2D eigenvalue weighted by Gasteiger charge is -2.32. The zero-order chi connectivity index (χ0) is 14.5. The SMILES string of the molecule is CC1(C)OB(c2cc(CO)cc3c2OCO3)OC1(C)C. The lowest BCUT2D eigenvalue weighted by molar-refractivity contribution is 0.00578. The van der Waals surface area contributed by atoms with Crippen LogP contribution < -0.4 is 14.9 Å². The van der Waals surface area contributed by atoms with Crippen LogP contribution in [0.4, 0.5) is 0 Å². The molecule has 1 aromatic carbocycles. The van der Waals surface area contributed by atoms with Gasteiger partial charge in [0.2, 0.25) is 6.79 Å². The van der Waals surface area contributed by atoms with Gasteiger partial charge in [-0.1, -0.05) is 6.07 Å². The molecule has 0 bridgehead atoms. The summed E-state index contributed by atoms with van der Waals surface area (Å²) in [4.78, 5) is 0. The van der Waals surface area contributed by atoms with Gasteiger partial charge in [-0.15, -0.1) is 0 Å². The van der Waals surface area contributed by atoms with E-state index in [1.54, 1.807) is 6.07 Å². The Kier molecular flexibility index (Phi) is 3.01. The van der Waals surface area contributed by atoms with Gasteiger partial charge in [0.1, 0.15) is 0 Å². The average molecular weight is 278 g/mol. The van der Waals surface area contributed by atoms with E-state index < -0.39 is 18.3 Å². The fraction of sp³-hybridized carbons (Fsp3) is 0.571. The Bertz CT molecular complexity index is 525. The maximum atomic E-state index is 9.36. The van der Waals surface area contributed by atoms with Crippen LogP contribution >= 0.6 is 0 Å². The van der Waals surface area contributed by atoms with E-state index in [0.717, 1.165) is 11.0 Å². The summed E-state index contributed by atoms with van der Waals surface area (Å²) in [5.41, 5.74) is 0.681. The molecule has 1 fully saturated rings. The molecule has 0 radical (unpaired) electrons. The van der Waals surface area contributed by atoms with Gasteiger partial charge in [-0.25, -0.2) is 0 Å². The third-order valence-corrected chi connectivity index (χ3v) is 4.25. The molecular formula is C14H19BO5. The molecule has 2 aliphatic heterocycles. The van der Waals surface area contributed by atoms with Crippen LogP contribution in [0.5, 0.6) is 11.5 Å². The highest BCUT2D eigenvalue weighted by atomic mass is 16.7. The van der Waals surface area contributed by atoms with Gasteiger partial charge in [-0.3, -0.25) is 0 Å². The molecule has 0 unspecified atom stereocenters. The first-order valence-corrected chi connectivity index (χ1v) is 6.73. The average Bonchev–Trinajstić information content (AvgIpc) is 2.90. The Morgan fingerprint density at radius 3 is 2.35 bits per heavy atom. The summed E-state index contributed by atoms with van der Waals surface area (Å²) >= 11 is 0. The summed E-state index contributed by atoms with van der Waals surface area (Å²) in [5.74, 6) is 1.27. The van der Waals surface area contributed by atoms with E-state index in [1.807, 2.05) is 33.8 Å². The van der Waals surface area contributed by atoms with Crippen molar-refractivity contribution in [3.05, 3.63) is 17.7 Å². The normalized spacial score (nSPS) is 22.4. The van der Waals surface area contributed by atoms with E-state index in [1.165, 1.54) is 0 Å². The Balaban J connectivity index is 2.02. The van der Waals surface area contributed by atoms with Crippen molar-refractivity contribution in [1.82, 2.24) is 0 Å². The van der Waals surface area contributed by atoms with Crippen molar-refractivity contribution < 1.29 is 23.9 Å². The van der Waals surface area contributed by atoms with Crippen LogP contribution in [0.3, 0.4) is 0 Å². The first kappa shape index (κ1) is 13.7. The molecule has 2 aliphatic rings. The lowest BCUT2D eigenvalue weighted by Crippen LogP contribution is -2.41. The third kappa shape index (κ3) is 1.99. The lowest BCUT2D eigenvalue weighted by atomic mass is 9.77. The Morgan fingerprint density at radius 2 is 1.75 bits per heavy atom. The minimum atomic E-state index is -0.526. The number of fused-ring (bicyclic) bond motifs is 1. The summed E-state index contributed by atoms with van der Waals surface area (Å²) in [7, 11) is -0.526. The molecule has 108 valence electrons. The van der Waals surface area contributed by atoms with Gasteiger partial charge in [-0.05, 0) is 39.3 Å². The molecule has 1 N–H and O–H groups in total. The second-order valence-electron chi connectivity index (χ2n) is 6.17. The van der Waals surface area contributed by atoms with Gasteiger partial charge in [0.25, 0.3) is 0 Å². The van der Waals surface area contributed by atoms with E-state index in [2.05, 4.69) is 0 Å². The number of aliphatic hydroxyl groups excluding tert-OH is 1. The highest BCUT2D eigenvalue weighted by Gasteiger charge is 2.53. The molecule has 1 saturated heterocycles. The maximum Gasteiger partial charge on any atom is 0.498 e. The van der Waals surface area contributed by atoms with Gasteiger partial charge < -0.3 is 23.9 Å². The molecule has 6 heteroatoms. The van der Waals surface area contributed by atoms with Crippen molar-refractivity contribution in [2.75, 3.05) is 6.79 Å². The first-order chi connectivity index (χ1) is 9.34. The predicted octanol–water partition coefficient (Wildman–Crippen LogP) is 1.21. The van der Waals surface area contributed by atoms with E-state index >= 15 is 0 Å². The van der Waals surface area contributed by atoms with E-state index in [-0.39, 0.29) is 13.4 Å². The summed E-state index contributed by atoms with van der Waals surface area (Å²) in [6.45, 7) is 8.11. The maximum absolute atomic E-state index is 9.36. The molecule has 0 aromatic heterocycles. The van der Waals surface area contributed by atoms with Crippen molar-refractivity contribution in [2.24, 2.45) is 0 Å². The minimum absolute atomic E-state index is 0.0663. The number of rotatable bonds is 2. The number of ether oxygens (including phenoxy) is 2. The molecular weight excluding hydrogens is 259 g/mol. The van der Waals surface area contributed by atoms with Gasteiger partial charge >= 0.3 is 7.12 Å². The summed E-state index contributed by atoms with van der Waals surface area (Å²) in [6, 6.07) is 3.62. The van der Waals surface area contributed by atoms with E-state index in [9.17, 15) is 5.11 Å².